The first-order chi connectivity index (χ1) is 15.6. The SMILES string of the molecule is CC(C)(C)OC(=O)NCC1CCN(c2nccc(C(O)CC(O)c3ccccc3O)n2)CC1. The molecule has 9 nitrogen and oxygen atoms in total. The van der Waals surface area contributed by atoms with Gasteiger partial charge in [-0.05, 0) is 51.7 Å². The van der Waals surface area contributed by atoms with E-state index in [0.29, 0.717) is 29.7 Å². The van der Waals surface area contributed by atoms with Crippen LogP contribution in [0.25, 0.3) is 0 Å². The molecule has 0 aliphatic carbocycles. The van der Waals surface area contributed by atoms with Crippen molar-refractivity contribution in [2.75, 3.05) is 24.5 Å². The molecule has 4 N–H and O–H groups in total. The van der Waals surface area contributed by atoms with E-state index in [1.807, 2.05) is 20.8 Å². The summed E-state index contributed by atoms with van der Waals surface area (Å²) in [5, 5.41) is 33.8. The van der Waals surface area contributed by atoms with Crippen molar-refractivity contribution in [2.45, 2.75) is 57.8 Å². The Morgan fingerprint density at radius 2 is 1.88 bits per heavy atom. The van der Waals surface area contributed by atoms with Crippen molar-refractivity contribution in [3.63, 3.8) is 0 Å². The van der Waals surface area contributed by atoms with Crippen LogP contribution in [0.4, 0.5) is 10.7 Å². The van der Waals surface area contributed by atoms with E-state index < -0.39 is 23.9 Å². The number of nitrogens with zero attached hydrogens (tertiary/aromatic N) is 3. The highest BCUT2D eigenvalue weighted by atomic mass is 16.6. The second-order valence-electron chi connectivity index (χ2n) is 9.42. The van der Waals surface area contributed by atoms with Crippen molar-refractivity contribution in [2.24, 2.45) is 5.92 Å². The van der Waals surface area contributed by atoms with E-state index in [-0.39, 0.29) is 12.2 Å². The molecule has 1 aromatic heterocycles. The number of nitrogens with one attached hydrogen (secondary N) is 1. The van der Waals surface area contributed by atoms with Gasteiger partial charge in [0.15, 0.2) is 0 Å². The number of aromatic nitrogens is 2. The summed E-state index contributed by atoms with van der Waals surface area (Å²) in [5.41, 5.74) is 0.272. The maximum Gasteiger partial charge on any atom is 0.407 e. The first-order valence-electron chi connectivity index (χ1n) is 11.3. The van der Waals surface area contributed by atoms with Crippen LogP contribution in [-0.4, -0.2) is 56.6 Å². The molecule has 1 saturated heterocycles. The van der Waals surface area contributed by atoms with Gasteiger partial charge in [0.2, 0.25) is 5.95 Å². The first-order valence-corrected chi connectivity index (χ1v) is 11.3. The third-order valence-corrected chi connectivity index (χ3v) is 5.58. The van der Waals surface area contributed by atoms with Gasteiger partial charge in [-0.3, -0.25) is 0 Å². The number of hydrogen-bond donors (Lipinski definition) is 4. The van der Waals surface area contributed by atoms with Crippen LogP contribution in [0.15, 0.2) is 36.5 Å². The summed E-state index contributed by atoms with van der Waals surface area (Å²) in [5.74, 6) is 0.864. The Hall–Kier alpha value is -2.91. The Kier molecular flexibility index (Phi) is 8.10. The van der Waals surface area contributed by atoms with Gasteiger partial charge in [-0.2, -0.15) is 0 Å². The summed E-state index contributed by atoms with van der Waals surface area (Å²) < 4.78 is 5.28. The zero-order valence-corrected chi connectivity index (χ0v) is 19.4. The fourth-order valence-corrected chi connectivity index (χ4v) is 3.81. The molecule has 0 spiro atoms. The molecule has 1 aromatic carbocycles. The van der Waals surface area contributed by atoms with Gasteiger partial charge < -0.3 is 30.3 Å². The maximum absolute atomic E-state index is 11.9. The Morgan fingerprint density at radius 3 is 2.55 bits per heavy atom. The topological polar surface area (TPSA) is 128 Å². The number of ether oxygens (including phenoxy) is 1. The minimum atomic E-state index is -1.02. The molecular weight excluding hydrogens is 424 g/mol. The molecule has 33 heavy (non-hydrogen) atoms. The number of phenols is 1. The Balaban J connectivity index is 1.52. The van der Waals surface area contributed by atoms with Crippen LogP contribution in [0.3, 0.4) is 0 Å². The van der Waals surface area contributed by atoms with Crippen LogP contribution in [0.2, 0.25) is 0 Å². The molecule has 3 rings (SSSR count). The lowest BCUT2D eigenvalue weighted by atomic mass is 9.97. The van der Waals surface area contributed by atoms with Crippen molar-refractivity contribution in [1.82, 2.24) is 15.3 Å². The number of phenolic OH excluding ortho intramolecular Hbond substituents is 1. The molecule has 9 heteroatoms. The number of para-hydroxylation sites is 1. The molecule has 1 amide bonds. The summed E-state index contributed by atoms with van der Waals surface area (Å²) >= 11 is 0. The second kappa shape index (κ2) is 10.8. The Morgan fingerprint density at radius 1 is 1.18 bits per heavy atom. The third kappa shape index (κ3) is 7.30. The van der Waals surface area contributed by atoms with Crippen molar-refractivity contribution in [1.29, 1.82) is 0 Å². The van der Waals surface area contributed by atoms with Gasteiger partial charge >= 0.3 is 6.09 Å². The van der Waals surface area contributed by atoms with Gasteiger partial charge in [0.25, 0.3) is 0 Å². The molecule has 2 unspecified atom stereocenters. The van der Waals surface area contributed by atoms with Gasteiger partial charge in [-0.1, -0.05) is 18.2 Å². The quantitative estimate of drug-likeness (QED) is 0.498. The maximum atomic E-state index is 11.9. The highest BCUT2D eigenvalue weighted by molar-refractivity contribution is 5.67. The molecular formula is C24H34N4O5. The van der Waals surface area contributed by atoms with E-state index in [0.717, 1.165) is 25.9 Å². The lowest BCUT2D eigenvalue weighted by Gasteiger charge is -2.32. The summed E-state index contributed by atoms with van der Waals surface area (Å²) in [7, 11) is 0. The lowest BCUT2D eigenvalue weighted by molar-refractivity contribution is 0.0516. The van der Waals surface area contributed by atoms with Gasteiger partial charge in [-0.25, -0.2) is 14.8 Å². The van der Waals surface area contributed by atoms with E-state index in [4.69, 9.17) is 4.74 Å². The predicted molar refractivity (Wildman–Crippen MR) is 124 cm³/mol. The largest absolute Gasteiger partial charge is 0.508 e. The summed E-state index contributed by atoms with van der Waals surface area (Å²) in [6.07, 6.45) is 0.928. The molecule has 1 aliphatic rings. The molecule has 180 valence electrons. The standard InChI is InChI=1S/C24H34N4O5/c1-24(2,3)33-23(32)26-15-16-9-12-28(13-10-16)22-25-11-8-18(27-22)21(31)14-20(30)17-6-4-5-7-19(17)29/h4-8,11,16,20-21,29-31H,9-10,12-15H2,1-3H3,(H,26,32). The summed E-state index contributed by atoms with van der Waals surface area (Å²) in [6, 6.07) is 8.15. The van der Waals surface area contributed by atoms with Gasteiger partial charge in [0.05, 0.1) is 17.9 Å². The first kappa shape index (κ1) is 24.7. The van der Waals surface area contributed by atoms with Gasteiger partial charge in [-0.15, -0.1) is 0 Å². The summed E-state index contributed by atoms with van der Waals surface area (Å²) in [6.45, 7) is 7.54. The number of hydrogen-bond acceptors (Lipinski definition) is 8. The smallest absolute Gasteiger partial charge is 0.407 e. The molecule has 0 radical (unpaired) electrons. The van der Waals surface area contributed by atoms with Crippen LogP contribution < -0.4 is 10.2 Å². The van der Waals surface area contributed by atoms with Crippen molar-refractivity contribution in [3.05, 3.63) is 47.8 Å². The normalized spacial score (nSPS) is 16.8. The minimum absolute atomic E-state index is 0.00638. The zero-order chi connectivity index (χ0) is 24.0. The predicted octanol–water partition coefficient (Wildman–Crippen LogP) is 3.08. The number of aromatic hydroxyl groups is 1. The van der Waals surface area contributed by atoms with E-state index in [2.05, 4.69) is 20.2 Å². The van der Waals surface area contributed by atoms with Crippen LogP contribution in [0.5, 0.6) is 5.75 Å². The molecule has 0 saturated carbocycles. The number of piperidine rings is 1. The fraction of sp³-hybridized carbons (Fsp3) is 0.542. The number of carbonyl (C=O) groups is 1. The number of carbonyl (C=O) groups excluding carboxylic acids is 1. The number of anilines is 1. The fourth-order valence-electron chi connectivity index (χ4n) is 3.81. The van der Waals surface area contributed by atoms with Crippen LogP contribution in [0.1, 0.15) is 63.5 Å². The van der Waals surface area contributed by atoms with E-state index in [9.17, 15) is 20.1 Å². The molecule has 1 aliphatic heterocycles. The zero-order valence-electron chi connectivity index (χ0n) is 19.4. The molecule has 1 fully saturated rings. The third-order valence-electron chi connectivity index (χ3n) is 5.58. The Bertz CT molecular complexity index is 925. The molecule has 0 bridgehead atoms. The number of alkyl carbamates (subject to hydrolysis) is 1. The minimum Gasteiger partial charge on any atom is -0.508 e. The number of benzene rings is 1. The second-order valence-corrected chi connectivity index (χ2v) is 9.42. The highest BCUT2D eigenvalue weighted by Crippen LogP contribution is 2.31. The van der Waals surface area contributed by atoms with Crippen LogP contribution in [0, 0.1) is 5.92 Å². The van der Waals surface area contributed by atoms with Crippen molar-refractivity contribution in [3.8, 4) is 5.75 Å². The van der Waals surface area contributed by atoms with Crippen LogP contribution >= 0.6 is 0 Å². The number of rotatable bonds is 7. The Labute approximate surface area is 194 Å². The lowest BCUT2D eigenvalue weighted by Crippen LogP contribution is -2.40. The molecule has 2 aromatic rings. The van der Waals surface area contributed by atoms with Gasteiger partial charge in [0, 0.05) is 37.8 Å². The van der Waals surface area contributed by atoms with Gasteiger partial charge in [0.1, 0.15) is 11.4 Å². The molecule has 2 atom stereocenters. The van der Waals surface area contributed by atoms with Crippen molar-refractivity contribution >= 4 is 12.0 Å². The number of aliphatic hydroxyl groups excluding tert-OH is 2. The number of amides is 1. The molecule has 2 heterocycles. The van der Waals surface area contributed by atoms with Crippen LogP contribution in [-0.2, 0) is 4.74 Å². The van der Waals surface area contributed by atoms with E-state index in [1.54, 1.807) is 30.5 Å². The number of aliphatic hydroxyl groups is 2. The van der Waals surface area contributed by atoms with E-state index >= 15 is 0 Å². The van der Waals surface area contributed by atoms with E-state index in [1.165, 1.54) is 6.07 Å². The monoisotopic (exact) mass is 458 g/mol. The average molecular weight is 459 g/mol. The van der Waals surface area contributed by atoms with Crippen molar-refractivity contribution < 1.29 is 24.9 Å². The average Bonchev–Trinajstić information content (AvgIpc) is 2.77. The highest BCUT2D eigenvalue weighted by Gasteiger charge is 2.24. The summed E-state index contributed by atoms with van der Waals surface area (Å²) in [4.78, 5) is 22.8.